The molecule has 28 heavy (non-hydrogen) atoms. The van der Waals surface area contributed by atoms with E-state index in [1.54, 1.807) is 35.9 Å². The zero-order valence-corrected chi connectivity index (χ0v) is 16.7. The predicted octanol–water partition coefficient (Wildman–Crippen LogP) is 4.03. The molecule has 0 spiro atoms. The molecule has 1 fully saturated rings. The second-order valence-corrected chi connectivity index (χ2v) is 8.31. The average molecular weight is 392 g/mol. The Hall–Kier alpha value is -2.98. The van der Waals surface area contributed by atoms with Gasteiger partial charge in [0, 0.05) is 29.6 Å². The van der Waals surface area contributed by atoms with Gasteiger partial charge in [-0.3, -0.25) is 4.79 Å². The van der Waals surface area contributed by atoms with Gasteiger partial charge in [0.05, 0.1) is 17.0 Å². The standard InChI is InChI=1S/C21H21N5OS/c1-13-14(2)28-21-18(13)19(23-12-24-21)26-8-6-16(7-9-26)20(27)25-17-5-3-4-15(10-17)11-22/h3-5,10,12,16H,6-9H2,1-2H3,(H,25,27). The van der Waals surface area contributed by atoms with Gasteiger partial charge in [-0.1, -0.05) is 6.07 Å². The Morgan fingerprint density at radius 2 is 2.07 bits per heavy atom. The summed E-state index contributed by atoms with van der Waals surface area (Å²) in [5, 5.41) is 13.1. The van der Waals surface area contributed by atoms with E-state index >= 15 is 0 Å². The molecule has 0 radical (unpaired) electrons. The molecule has 6 nitrogen and oxygen atoms in total. The molecule has 3 heterocycles. The van der Waals surface area contributed by atoms with Gasteiger partial charge in [0.15, 0.2) is 0 Å². The maximum absolute atomic E-state index is 12.6. The molecule has 1 amide bonds. The van der Waals surface area contributed by atoms with E-state index < -0.39 is 0 Å². The van der Waals surface area contributed by atoms with Crippen molar-refractivity contribution in [2.24, 2.45) is 5.92 Å². The normalized spacial score (nSPS) is 14.8. The van der Waals surface area contributed by atoms with E-state index in [2.05, 4.69) is 40.1 Å². The third-order valence-corrected chi connectivity index (χ3v) is 6.49. The second-order valence-electron chi connectivity index (χ2n) is 7.10. The number of nitrogens with one attached hydrogen (secondary N) is 1. The number of rotatable bonds is 3. The van der Waals surface area contributed by atoms with E-state index in [0.717, 1.165) is 42.0 Å². The zero-order chi connectivity index (χ0) is 19.7. The lowest BCUT2D eigenvalue weighted by Crippen LogP contribution is -2.38. The Balaban J connectivity index is 1.45. The first-order chi connectivity index (χ1) is 13.6. The fourth-order valence-electron chi connectivity index (χ4n) is 3.67. The topological polar surface area (TPSA) is 81.9 Å². The highest BCUT2D eigenvalue weighted by Gasteiger charge is 2.27. The molecule has 0 unspecified atom stereocenters. The van der Waals surface area contributed by atoms with E-state index in [4.69, 9.17) is 5.26 Å². The Labute approximate surface area is 167 Å². The molecule has 142 valence electrons. The lowest BCUT2D eigenvalue weighted by atomic mass is 9.95. The summed E-state index contributed by atoms with van der Waals surface area (Å²) in [6, 6.07) is 9.12. The minimum Gasteiger partial charge on any atom is -0.356 e. The summed E-state index contributed by atoms with van der Waals surface area (Å²) in [5.74, 6) is 0.960. The van der Waals surface area contributed by atoms with E-state index in [1.807, 2.05) is 6.07 Å². The highest BCUT2D eigenvalue weighted by atomic mass is 32.1. The van der Waals surface area contributed by atoms with Gasteiger partial charge in [-0.05, 0) is 50.5 Å². The minimum absolute atomic E-state index is 0.0186. The van der Waals surface area contributed by atoms with Gasteiger partial charge in [-0.2, -0.15) is 5.26 Å². The summed E-state index contributed by atoms with van der Waals surface area (Å²) in [5.41, 5.74) is 2.46. The number of thiophene rings is 1. The second kappa shape index (κ2) is 7.56. The smallest absolute Gasteiger partial charge is 0.227 e. The molecule has 7 heteroatoms. The van der Waals surface area contributed by atoms with E-state index in [1.165, 1.54) is 10.4 Å². The number of nitriles is 1. The monoisotopic (exact) mass is 391 g/mol. The van der Waals surface area contributed by atoms with Crippen molar-refractivity contribution in [3.63, 3.8) is 0 Å². The van der Waals surface area contributed by atoms with Crippen LogP contribution in [-0.4, -0.2) is 29.0 Å². The van der Waals surface area contributed by atoms with Crippen molar-refractivity contribution in [1.82, 2.24) is 9.97 Å². The number of anilines is 2. The van der Waals surface area contributed by atoms with Crippen LogP contribution in [0.25, 0.3) is 10.2 Å². The molecular weight excluding hydrogens is 370 g/mol. The Morgan fingerprint density at radius 3 is 2.82 bits per heavy atom. The summed E-state index contributed by atoms with van der Waals surface area (Å²) in [7, 11) is 0. The molecule has 1 aromatic carbocycles. The van der Waals surface area contributed by atoms with E-state index in [0.29, 0.717) is 11.3 Å². The lowest BCUT2D eigenvalue weighted by Gasteiger charge is -2.32. The van der Waals surface area contributed by atoms with Crippen LogP contribution >= 0.6 is 11.3 Å². The summed E-state index contributed by atoms with van der Waals surface area (Å²) in [6.07, 6.45) is 3.18. The van der Waals surface area contributed by atoms with E-state index in [-0.39, 0.29) is 11.8 Å². The number of nitrogens with zero attached hydrogens (tertiary/aromatic N) is 4. The maximum atomic E-state index is 12.6. The van der Waals surface area contributed by atoms with Crippen LogP contribution < -0.4 is 10.2 Å². The predicted molar refractivity (Wildman–Crippen MR) is 112 cm³/mol. The van der Waals surface area contributed by atoms with Crippen LogP contribution in [0.1, 0.15) is 28.8 Å². The molecule has 0 atom stereocenters. The molecule has 1 saturated heterocycles. The molecule has 1 aliphatic heterocycles. The highest BCUT2D eigenvalue weighted by molar-refractivity contribution is 7.18. The number of carbonyl (C=O) groups excluding carboxylic acids is 1. The van der Waals surface area contributed by atoms with Crippen LogP contribution in [-0.2, 0) is 4.79 Å². The Morgan fingerprint density at radius 1 is 1.29 bits per heavy atom. The number of aromatic nitrogens is 2. The molecule has 1 aliphatic rings. The first-order valence-electron chi connectivity index (χ1n) is 9.33. The van der Waals surface area contributed by atoms with Gasteiger partial charge in [0.25, 0.3) is 0 Å². The third-order valence-electron chi connectivity index (χ3n) is 5.37. The number of hydrogen-bond donors (Lipinski definition) is 1. The van der Waals surface area contributed by atoms with Crippen LogP contribution in [0.5, 0.6) is 0 Å². The van der Waals surface area contributed by atoms with Crippen LogP contribution in [0.3, 0.4) is 0 Å². The van der Waals surface area contributed by atoms with Gasteiger partial charge in [0.1, 0.15) is 17.0 Å². The van der Waals surface area contributed by atoms with Crippen molar-refractivity contribution in [3.8, 4) is 6.07 Å². The number of hydrogen-bond acceptors (Lipinski definition) is 6. The number of amides is 1. The molecule has 4 rings (SSSR count). The van der Waals surface area contributed by atoms with Crippen molar-refractivity contribution in [3.05, 3.63) is 46.6 Å². The van der Waals surface area contributed by atoms with Crippen molar-refractivity contribution in [2.75, 3.05) is 23.3 Å². The van der Waals surface area contributed by atoms with Crippen LogP contribution in [0.15, 0.2) is 30.6 Å². The Kier molecular flexibility index (Phi) is 4.97. The van der Waals surface area contributed by atoms with Crippen molar-refractivity contribution in [2.45, 2.75) is 26.7 Å². The molecule has 3 aromatic rings. The van der Waals surface area contributed by atoms with E-state index in [9.17, 15) is 4.79 Å². The van der Waals surface area contributed by atoms with Gasteiger partial charge in [-0.15, -0.1) is 11.3 Å². The van der Waals surface area contributed by atoms with Crippen molar-refractivity contribution in [1.29, 1.82) is 5.26 Å². The number of piperidine rings is 1. The number of aryl methyl sites for hydroxylation is 2. The molecule has 2 aromatic heterocycles. The fourth-order valence-corrected chi connectivity index (χ4v) is 4.66. The first kappa shape index (κ1) is 18.4. The molecule has 0 saturated carbocycles. The first-order valence-corrected chi connectivity index (χ1v) is 10.1. The van der Waals surface area contributed by atoms with Crippen molar-refractivity contribution >= 4 is 39.0 Å². The molecule has 0 aliphatic carbocycles. The quantitative estimate of drug-likeness (QED) is 0.729. The molecule has 0 bridgehead atoms. The fraction of sp³-hybridized carbons (Fsp3) is 0.333. The van der Waals surface area contributed by atoms with Crippen LogP contribution in [0.2, 0.25) is 0 Å². The highest BCUT2D eigenvalue weighted by Crippen LogP contribution is 2.35. The van der Waals surface area contributed by atoms with Gasteiger partial charge in [-0.25, -0.2) is 9.97 Å². The SMILES string of the molecule is Cc1sc2ncnc(N3CCC(C(=O)Nc4cccc(C#N)c4)CC3)c2c1C. The third kappa shape index (κ3) is 3.43. The molecule has 1 N–H and O–H groups in total. The summed E-state index contributed by atoms with van der Waals surface area (Å²) >= 11 is 1.70. The number of benzene rings is 1. The van der Waals surface area contributed by atoms with Gasteiger partial charge >= 0.3 is 0 Å². The molecular formula is C21H21N5OS. The largest absolute Gasteiger partial charge is 0.356 e. The summed E-state index contributed by atoms with van der Waals surface area (Å²) < 4.78 is 0. The van der Waals surface area contributed by atoms with Crippen LogP contribution in [0, 0.1) is 31.1 Å². The zero-order valence-electron chi connectivity index (χ0n) is 15.9. The maximum Gasteiger partial charge on any atom is 0.227 e. The van der Waals surface area contributed by atoms with Gasteiger partial charge in [0.2, 0.25) is 5.91 Å². The van der Waals surface area contributed by atoms with Gasteiger partial charge < -0.3 is 10.2 Å². The average Bonchev–Trinajstić information content (AvgIpc) is 3.02. The number of fused-ring (bicyclic) bond motifs is 1. The lowest BCUT2D eigenvalue weighted by molar-refractivity contribution is -0.120. The van der Waals surface area contributed by atoms with Crippen molar-refractivity contribution < 1.29 is 4.79 Å². The summed E-state index contributed by atoms with van der Waals surface area (Å²) in [6.45, 7) is 5.81. The number of carbonyl (C=O) groups is 1. The minimum atomic E-state index is -0.0374. The van der Waals surface area contributed by atoms with Crippen LogP contribution in [0.4, 0.5) is 11.5 Å². The Bertz CT molecular complexity index is 1080. The summed E-state index contributed by atoms with van der Waals surface area (Å²) in [4.78, 5) is 26.2.